The molecule has 1 aromatic heterocycles. The Morgan fingerprint density at radius 1 is 0.950 bits per heavy atom. The first-order valence-electron chi connectivity index (χ1n) is 13.5. The average molecular weight is 535 g/mol. The van der Waals surface area contributed by atoms with Gasteiger partial charge in [0.1, 0.15) is 18.8 Å². The third-order valence-corrected chi connectivity index (χ3v) is 8.77. The molecule has 3 N–H and O–H groups in total. The van der Waals surface area contributed by atoms with E-state index >= 15 is 0 Å². The van der Waals surface area contributed by atoms with E-state index in [9.17, 15) is 14.4 Å². The Kier molecular flexibility index (Phi) is 4.76. The third kappa shape index (κ3) is 3.03. The van der Waals surface area contributed by atoms with Gasteiger partial charge in [0.2, 0.25) is 17.7 Å². The molecule has 200 valence electrons. The highest BCUT2D eigenvalue weighted by molar-refractivity contribution is 6.26. The molecule has 4 aromatic rings. The van der Waals surface area contributed by atoms with Gasteiger partial charge in [0.05, 0.1) is 17.5 Å². The molecule has 4 unspecified atom stereocenters. The van der Waals surface area contributed by atoms with Crippen LogP contribution in [-0.4, -0.2) is 42.0 Å². The van der Waals surface area contributed by atoms with Gasteiger partial charge in [0.25, 0.3) is 0 Å². The zero-order valence-electron chi connectivity index (χ0n) is 21.7. The number of carbonyl (C=O) groups is 3. The summed E-state index contributed by atoms with van der Waals surface area (Å²) in [6, 6.07) is 18.3. The first kappa shape index (κ1) is 23.3. The predicted octanol–water partition coefficient (Wildman–Crippen LogP) is 3.42. The molecule has 0 saturated carbocycles. The summed E-state index contributed by atoms with van der Waals surface area (Å²) in [5, 5.41) is 7.58. The normalized spacial score (nSPS) is 26.5. The molecule has 3 amide bonds. The first-order chi connectivity index (χ1) is 19.5. The molecule has 9 nitrogen and oxygen atoms in total. The Morgan fingerprint density at radius 2 is 1.77 bits per heavy atom. The second-order valence-corrected chi connectivity index (χ2v) is 11.0. The van der Waals surface area contributed by atoms with Gasteiger partial charge in [-0.1, -0.05) is 35.9 Å². The van der Waals surface area contributed by atoms with Crippen LogP contribution in [0.5, 0.6) is 11.5 Å². The van der Waals surface area contributed by atoms with E-state index in [0.29, 0.717) is 48.1 Å². The molecule has 40 heavy (non-hydrogen) atoms. The highest BCUT2D eigenvalue weighted by Crippen LogP contribution is 2.54. The molecule has 4 aliphatic rings. The van der Waals surface area contributed by atoms with E-state index in [0.717, 1.165) is 22.0 Å². The van der Waals surface area contributed by atoms with Crippen molar-refractivity contribution in [3.8, 4) is 11.5 Å². The summed E-state index contributed by atoms with van der Waals surface area (Å²) < 4.78 is 11.4. The Labute approximate surface area is 229 Å². The fraction of sp³-hybridized carbons (Fsp3) is 0.258. The minimum atomic E-state index is -1.36. The molecule has 0 aliphatic carbocycles. The molecule has 2 fully saturated rings. The van der Waals surface area contributed by atoms with Crippen LogP contribution < -0.4 is 25.0 Å². The summed E-state index contributed by atoms with van der Waals surface area (Å²) in [7, 11) is 0. The van der Waals surface area contributed by atoms with Crippen LogP contribution in [0.3, 0.4) is 0 Å². The topological polar surface area (TPSA) is 113 Å². The van der Waals surface area contributed by atoms with Crippen molar-refractivity contribution in [3.05, 3.63) is 83.6 Å². The molecule has 8 rings (SSSR count). The van der Waals surface area contributed by atoms with E-state index in [2.05, 4.69) is 15.6 Å². The minimum Gasteiger partial charge on any atom is -0.486 e. The number of anilines is 2. The van der Waals surface area contributed by atoms with E-state index in [-0.39, 0.29) is 11.8 Å². The van der Waals surface area contributed by atoms with Gasteiger partial charge in [-0.05, 0) is 43.2 Å². The number of fused-ring (bicyclic) bond motifs is 6. The van der Waals surface area contributed by atoms with E-state index in [4.69, 9.17) is 9.47 Å². The van der Waals surface area contributed by atoms with Crippen LogP contribution >= 0.6 is 0 Å². The molecular weight excluding hydrogens is 508 g/mol. The van der Waals surface area contributed by atoms with Gasteiger partial charge < -0.3 is 19.8 Å². The van der Waals surface area contributed by atoms with Gasteiger partial charge in [-0.25, -0.2) is 4.90 Å². The lowest BCUT2D eigenvalue weighted by Crippen LogP contribution is -2.53. The Morgan fingerprint density at radius 3 is 2.65 bits per heavy atom. The fourth-order valence-corrected chi connectivity index (χ4v) is 7.05. The number of aryl methyl sites for hydroxylation is 1. The van der Waals surface area contributed by atoms with Crippen molar-refractivity contribution in [2.75, 3.05) is 23.4 Å². The maximum absolute atomic E-state index is 14.3. The highest BCUT2D eigenvalue weighted by Gasteiger charge is 2.70. The highest BCUT2D eigenvalue weighted by atomic mass is 16.6. The number of amides is 3. The first-order valence-corrected chi connectivity index (χ1v) is 13.5. The van der Waals surface area contributed by atoms with Gasteiger partial charge >= 0.3 is 0 Å². The summed E-state index contributed by atoms with van der Waals surface area (Å²) in [6.45, 7) is 2.78. The number of hydrogen-bond donors (Lipinski definition) is 3. The molecule has 0 radical (unpaired) electrons. The number of para-hydroxylation sites is 1. The van der Waals surface area contributed by atoms with Gasteiger partial charge in [-0.2, -0.15) is 0 Å². The van der Waals surface area contributed by atoms with Crippen molar-refractivity contribution in [2.24, 2.45) is 11.8 Å². The Bertz CT molecular complexity index is 1760. The number of aromatic amines is 1. The zero-order chi connectivity index (χ0) is 27.2. The second-order valence-electron chi connectivity index (χ2n) is 11.0. The molecule has 5 heterocycles. The fourth-order valence-electron chi connectivity index (χ4n) is 7.05. The monoisotopic (exact) mass is 534 g/mol. The number of aromatic nitrogens is 1. The van der Waals surface area contributed by atoms with E-state index < -0.39 is 29.3 Å². The van der Waals surface area contributed by atoms with Crippen LogP contribution in [-0.2, 0) is 26.3 Å². The maximum atomic E-state index is 14.3. The maximum Gasteiger partial charge on any atom is 0.250 e. The van der Waals surface area contributed by atoms with Gasteiger partial charge in [-0.15, -0.1) is 0 Å². The molecule has 4 atom stereocenters. The van der Waals surface area contributed by atoms with Crippen molar-refractivity contribution < 1.29 is 23.9 Å². The van der Waals surface area contributed by atoms with Crippen molar-refractivity contribution in [1.29, 1.82) is 0 Å². The minimum absolute atomic E-state index is 0.310. The van der Waals surface area contributed by atoms with E-state index in [1.54, 1.807) is 18.2 Å². The number of nitrogens with zero attached hydrogens (tertiary/aromatic N) is 1. The number of nitrogens with one attached hydrogen (secondary N) is 3. The number of hydrogen-bond acceptors (Lipinski definition) is 6. The van der Waals surface area contributed by atoms with Crippen LogP contribution in [0, 0.1) is 18.8 Å². The number of rotatable bonds is 3. The molecule has 2 saturated heterocycles. The average Bonchev–Trinajstić information content (AvgIpc) is 3.67. The number of imide groups is 1. The van der Waals surface area contributed by atoms with Crippen molar-refractivity contribution in [3.63, 3.8) is 0 Å². The standard InChI is InChI=1S/C31H26N4O5/c1-16-6-8-22-20(12-16)31(30(38)33-22)27-26(23(34-31)13-17-15-32-21-5-3-2-4-19(17)21)28(36)35(29(27)37)18-7-9-24-25(14-18)40-11-10-39-24/h2-9,12,14-15,23,26-27,32,34H,10-11,13H2,1H3,(H,33,38). The smallest absolute Gasteiger partial charge is 0.250 e. The summed E-state index contributed by atoms with van der Waals surface area (Å²) in [5.74, 6) is -1.62. The van der Waals surface area contributed by atoms with E-state index in [1.807, 2.05) is 55.6 Å². The number of H-pyrrole nitrogens is 1. The van der Waals surface area contributed by atoms with Crippen LogP contribution in [0.4, 0.5) is 11.4 Å². The van der Waals surface area contributed by atoms with Crippen LogP contribution in [0.25, 0.3) is 10.9 Å². The second kappa shape index (κ2) is 8.19. The summed E-state index contributed by atoms with van der Waals surface area (Å²) in [6.07, 6.45) is 2.41. The third-order valence-electron chi connectivity index (χ3n) is 8.77. The lowest BCUT2D eigenvalue weighted by Gasteiger charge is -2.30. The van der Waals surface area contributed by atoms with Crippen LogP contribution in [0.1, 0.15) is 16.7 Å². The van der Waals surface area contributed by atoms with Crippen molar-refractivity contribution in [2.45, 2.75) is 24.9 Å². The SMILES string of the molecule is Cc1ccc2c(c1)C1(NC(Cc3c[nH]c4ccccc34)C3C(=O)N(c4ccc5c(c4)OCCO5)C(=O)C31)C(=O)N2. The molecule has 4 aliphatic heterocycles. The van der Waals surface area contributed by atoms with Crippen molar-refractivity contribution >= 4 is 40.0 Å². The Hall–Kier alpha value is -4.63. The number of ether oxygens (including phenoxy) is 2. The van der Waals surface area contributed by atoms with Gasteiger partial charge in [-0.3, -0.25) is 19.7 Å². The Balaban J connectivity index is 1.27. The van der Waals surface area contributed by atoms with Gasteiger partial charge in [0.15, 0.2) is 11.5 Å². The zero-order valence-corrected chi connectivity index (χ0v) is 21.7. The van der Waals surface area contributed by atoms with E-state index in [1.165, 1.54) is 4.90 Å². The molecule has 0 bridgehead atoms. The van der Waals surface area contributed by atoms with Gasteiger partial charge in [0, 0.05) is 40.5 Å². The quantitative estimate of drug-likeness (QED) is 0.347. The lowest BCUT2D eigenvalue weighted by atomic mass is 9.76. The molecular formula is C31H26N4O5. The number of carbonyl (C=O) groups excluding carboxylic acids is 3. The van der Waals surface area contributed by atoms with Crippen molar-refractivity contribution in [1.82, 2.24) is 10.3 Å². The lowest BCUT2D eigenvalue weighted by molar-refractivity contribution is -0.130. The van der Waals surface area contributed by atoms with Crippen LogP contribution in [0.2, 0.25) is 0 Å². The predicted molar refractivity (Wildman–Crippen MR) is 147 cm³/mol. The molecule has 3 aromatic carbocycles. The number of benzene rings is 3. The summed E-state index contributed by atoms with van der Waals surface area (Å²) >= 11 is 0. The molecule has 1 spiro atoms. The summed E-state index contributed by atoms with van der Waals surface area (Å²) in [5.41, 5.74) is 3.40. The molecule has 9 heteroatoms. The summed E-state index contributed by atoms with van der Waals surface area (Å²) in [4.78, 5) is 47.0. The largest absolute Gasteiger partial charge is 0.486 e. The van der Waals surface area contributed by atoms with Crippen LogP contribution in [0.15, 0.2) is 66.9 Å².